The molecule has 2 aromatic carbocycles. The molecule has 0 unspecified atom stereocenters. The molecule has 3 rings (SSSR count). The number of aliphatic imine (C=N–C) groups is 1. The molecule has 0 fully saturated rings. The predicted octanol–water partition coefficient (Wildman–Crippen LogP) is 6.21. The van der Waals surface area contributed by atoms with Gasteiger partial charge in [0, 0.05) is 42.0 Å². The molecule has 1 heterocycles. The van der Waals surface area contributed by atoms with Crippen LogP contribution in [0.3, 0.4) is 0 Å². The van der Waals surface area contributed by atoms with Gasteiger partial charge in [-0.15, -0.1) is 0 Å². The maximum Gasteiger partial charge on any atom is 0.0447 e. The molecule has 0 amide bonds. The van der Waals surface area contributed by atoms with Crippen LogP contribution in [-0.2, 0) is 10.8 Å². The van der Waals surface area contributed by atoms with E-state index in [4.69, 9.17) is 0 Å². The molecule has 0 N–H and O–H groups in total. The Morgan fingerprint density at radius 1 is 1.04 bits per heavy atom. The molecular formula is C26H32N2. The van der Waals surface area contributed by atoms with Crippen molar-refractivity contribution in [3.8, 4) is 0 Å². The van der Waals surface area contributed by atoms with Crippen molar-refractivity contribution in [2.24, 2.45) is 4.99 Å². The fraction of sp³-hybridized carbons (Fsp3) is 0.346. The number of aryl methyl sites for hydroxylation is 1. The average Bonchev–Trinajstić information content (AvgIpc) is 2.86. The minimum absolute atomic E-state index is 0.00919. The van der Waals surface area contributed by atoms with Crippen molar-refractivity contribution in [2.45, 2.75) is 45.4 Å². The summed E-state index contributed by atoms with van der Waals surface area (Å²) in [6.45, 7) is 11.2. The Balaban J connectivity index is 1.92. The number of para-hydroxylation sites is 1. The minimum Gasteiger partial charge on any atom is -0.347 e. The molecule has 28 heavy (non-hydrogen) atoms. The zero-order valence-electron chi connectivity index (χ0n) is 18.2. The summed E-state index contributed by atoms with van der Waals surface area (Å²) in [5, 5.41) is 0. The molecule has 1 aliphatic rings. The average molecular weight is 373 g/mol. The summed E-state index contributed by atoms with van der Waals surface area (Å²) < 4.78 is 0. The van der Waals surface area contributed by atoms with Crippen molar-refractivity contribution >= 4 is 11.4 Å². The van der Waals surface area contributed by atoms with Crippen LogP contribution in [0.2, 0.25) is 0 Å². The van der Waals surface area contributed by atoms with Crippen LogP contribution in [0.1, 0.15) is 44.4 Å². The van der Waals surface area contributed by atoms with Gasteiger partial charge in [0.25, 0.3) is 0 Å². The van der Waals surface area contributed by atoms with E-state index in [2.05, 4.69) is 118 Å². The van der Waals surface area contributed by atoms with Crippen LogP contribution < -0.4 is 4.90 Å². The third-order valence-electron chi connectivity index (χ3n) is 6.15. The highest BCUT2D eigenvalue weighted by Gasteiger charge is 2.37. The van der Waals surface area contributed by atoms with E-state index < -0.39 is 0 Å². The van der Waals surface area contributed by atoms with Gasteiger partial charge in [0.15, 0.2) is 0 Å². The van der Waals surface area contributed by atoms with E-state index in [0.717, 1.165) is 5.71 Å². The van der Waals surface area contributed by atoms with Gasteiger partial charge in [-0.25, -0.2) is 0 Å². The number of rotatable bonds is 4. The topological polar surface area (TPSA) is 15.6 Å². The fourth-order valence-electron chi connectivity index (χ4n) is 4.51. The number of hydrogen-bond acceptors (Lipinski definition) is 2. The lowest BCUT2D eigenvalue weighted by molar-refractivity contribution is 0.640. The molecule has 0 saturated heterocycles. The highest BCUT2D eigenvalue weighted by atomic mass is 15.2. The first-order valence-electron chi connectivity index (χ1n) is 9.96. The lowest BCUT2D eigenvalue weighted by Crippen LogP contribution is -2.28. The first-order chi connectivity index (χ1) is 13.2. The van der Waals surface area contributed by atoms with Crippen molar-refractivity contribution in [3.05, 3.63) is 89.1 Å². The van der Waals surface area contributed by atoms with Gasteiger partial charge in [0.1, 0.15) is 0 Å². The van der Waals surface area contributed by atoms with Gasteiger partial charge < -0.3 is 4.90 Å². The molecule has 2 nitrogen and oxygen atoms in total. The van der Waals surface area contributed by atoms with Gasteiger partial charge in [-0.1, -0.05) is 76.2 Å². The van der Waals surface area contributed by atoms with Crippen molar-refractivity contribution in [1.29, 1.82) is 0 Å². The second-order valence-electron chi connectivity index (χ2n) is 8.66. The predicted molar refractivity (Wildman–Crippen MR) is 123 cm³/mol. The highest BCUT2D eigenvalue weighted by Crippen LogP contribution is 2.46. The number of nitrogens with zero attached hydrogens (tertiary/aromatic N) is 2. The number of benzene rings is 2. The highest BCUT2D eigenvalue weighted by molar-refractivity contribution is 6.03. The molecule has 0 saturated carbocycles. The molecular weight excluding hydrogens is 340 g/mol. The molecule has 0 aromatic heterocycles. The quantitative estimate of drug-likeness (QED) is 0.582. The zero-order valence-corrected chi connectivity index (χ0v) is 18.2. The first kappa shape index (κ1) is 20.1. The smallest absolute Gasteiger partial charge is 0.0447 e. The van der Waals surface area contributed by atoms with Crippen LogP contribution >= 0.6 is 0 Å². The summed E-state index contributed by atoms with van der Waals surface area (Å²) in [6, 6.07) is 17.2. The molecule has 0 spiro atoms. The Kier molecular flexibility index (Phi) is 5.34. The van der Waals surface area contributed by atoms with E-state index in [0.29, 0.717) is 0 Å². The number of likely N-dealkylation sites (N-methyl/N-ethyl adjacent to an activating group) is 1. The van der Waals surface area contributed by atoms with Crippen LogP contribution in [0.15, 0.2) is 77.4 Å². The summed E-state index contributed by atoms with van der Waals surface area (Å²) >= 11 is 0. The second-order valence-corrected chi connectivity index (χ2v) is 8.66. The van der Waals surface area contributed by atoms with Gasteiger partial charge in [-0.2, -0.15) is 0 Å². The van der Waals surface area contributed by atoms with Crippen LogP contribution in [-0.4, -0.2) is 19.8 Å². The fourth-order valence-corrected chi connectivity index (χ4v) is 4.51. The third kappa shape index (κ3) is 3.32. The molecule has 0 atom stereocenters. The maximum atomic E-state index is 4.62. The summed E-state index contributed by atoms with van der Waals surface area (Å²) in [6.07, 6.45) is 6.55. The number of fused-ring (bicyclic) bond motifs is 1. The van der Waals surface area contributed by atoms with Gasteiger partial charge >= 0.3 is 0 Å². The number of anilines is 1. The monoisotopic (exact) mass is 372 g/mol. The first-order valence-corrected chi connectivity index (χ1v) is 9.96. The van der Waals surface area contributed by atoms with E-state index >= 15 is 0 Å². The van der Waals surface area contributed by atoms with Crippen molar-refractivity contribution in [1.82, 2.24) is 0 Å². The summed E-state index contributed by atoms with van der Waals surface area (Å²) in [4.78, 5) is 6.92. The Morgan fingerprint density at radius 3 is 2.32 bits per heavy atom. The van der Waals surface area contributed by atoms with Gasteiger partial charge in [-0.3, -0.25) is 4.99 Å². The van der Waals surface area contributed by atoms with E-state index in [9.17, 15) is 0 Å². The Labute approximate surface area is 170 Å². The molecule has 1 aliphatic heterocycles. The number of allylic oxidation sites excluding steroid dienone is 4. The lowest BCUT2D eigenvalue weighted by Gasteiger charge is -2.27. The van der Waals surface area contributed by atoms with E-state index in [1.165, 1.54) is 28.1 Å². The molecule has 0 aliphatic carbocycles. The van der Waals surface area contributed by atoms with Gasteiger partial charge in [-0.05, 0) is 41.8 Å². The van der Waals surface area contributed by atoms with E-state index in [1.54, 1.807) is 0 Å². The summed E-state index contributed by atoms with van der Waals surface area (Å²) in [5.41, 5.74) is 7.51. The maximum absolute atomic E-state index is 4.62. The summed E-state index contributed by atoms with van der Waals surface area (Å²) in [5.74, 6) is 0. The van der Waals surface area contributed by atoms with Crippen LogP contribution in [0.4, 0.5) is 5.69 Å². The van der Waals surface area contributed by atoms with Crippen molar-refractivity contribution in [3.63, 3.8) is 0 Å². The third-order valence-corrected chi connectivity index (χ3v) is 6.15. The minimum atomic E-state index is -0.144. The molecule has 2 heteroatoms. The van der Waals surface area contributed by atoms with Crippen LogP contribution in [0, 0.1) is 6.92 Å². The van der Waals surface area contributed by atoms with Crippen LogP contribution in [0.5, 0.6) is 0 Å². The normalized spacial score (nSPS) is 18.2. The van der Waals surface area contributed by atoms with Crippen LogP contribution in [0.25, 0.3) is 0 Å². The Hall–Kier alpha value is -2.61. The molecule has 146 valence electrons. The Bertz CT molecular complexity index is 958. The molecule has 0 bridgehead atoms. The lowest BCUT2D eigenvalue weighted by atomic mass is 9.77. The molecule has 0 radical (unpaired) electrons. The van der Waals surface area contributed by atoms with Gasteiger partial charge in [0.2, 0.25) is 0 Å². The summed E-state index contributed by atoms with van der Waals surface area (Å²) in [7, 11) is 4.04. The molecule has 2 aromatic rings. The Morgan fingerprint density at radius 2 is 1.68 bits per heavy atom. The van der Waals surface area contributed by atoms with E-state index in [-0.39, 0.29) is 10.8 Å². The zero-order chi connectivity index (χ0) is 20.5. The number of hydrogen-bond donors (Lipinski definition) is 0. The van der Waals surface area contributed by atoms with Crippen molar-refractivity contribution in [2.75, 3.05) is 19.0 Å². The second kappa shape index (κ2) is 7.43. The van der Waals surface area contributed by atoms with E-state index in [1.807, 2.05) is 7.05 Å². The largest absolute Gasteiger partial charge is 0.347 e. The standard InChI is InChI=1S/C26H32N2/c1-19-13-8-9-14-20(19)25(2,3)23(27-6)17-12-18-24-26(4,5)21-15-10-11-16-22(21)28(24)7/h8-18H,1-7H3/b17-12+,24-18+,27-23+. The van der Waals surface area contributed by atoms with Gasteiger partial charge in [0.05, 0.1) is 0 Å². The van der Waals surface area contributed by atoms with Crippen molar-refractivity contribution < 1.29 is 0 Å². The SMILES string of the molecule is C\N=C(/C=C/C=C1/N(C)c2ccccc2C1(C)C)C(C)(C)c1ccccc1C.